The van der Waals surface area contributed by atoms with Gasteiger partial charge in [0.25, 0.3) is 5.91 Å². The third-order valence-corrected chi connectivity index (χ3v) is 6.66. The highest BCUT2D eigenvalue weighted by Gasteiger charge is 2.18. The molecule has 7 nitrogen and oxygen atoms in total. The molecular formula is C27H29ClN4O3S. The Bertz CT molecular complexity index is 1210. The van der Waals surface area contributed by atoms with Crippen molar-refractivity contribution < 1.29 is 14.3 Å². The Morgan fingerprint density at radius 2 is 1.64 bits per heavy atom. The van der Waals surface area contributed by atoms with Crippen LogP contribution >= 0.6 is 23.8 Å². The van der Waals surface area contributed by atoms with E-state index in [0.29, 0.717) is 17.1 Å². The number of amides is 1. The van der Waals surface area contributed by atoms with Crippen LogP contribution in [0.15, 0.2) is 66.7 Å². The van der Waals surface area contributed by atoms with Gasteiger partial charge < -0.3 is 19.7 Å². The Balaban J connectivity index is 1.27. The van der Waals surface area contributed by atoms with E-state index in [9.17, 15) is 4.79 Å². The van der Waals surface area contributed by atoms with Gasteiger partial charge in [-0.1, -0.05) is 29.8 Å². The average Bonchev–Trinajstić information content (AvgIpc) is 2.90. The van der Waals surface area contributed by atoms with E-state index in [2.05, 4.69) is 38.6 Å². The van der Waals surface area contributed by atoms with Crippen molar-refractivity contribution in [1.29, 1.82) is 0 Å². The van der Waals surface area contributed by atoms with Crippen molar-refractivity contribution in [2.75, 3.05) is 50.6 Å². The fourth-order valence-electron chi connectivity index (χ4n) is 4.10. The van der Waals surface area contributed by atoms with Crippen LogP contribution in [0.1, 0.15) is 15.9 Å². The Labute approximate surface area is 221 Å². The van der Waals surface area contributed by atoms with Gasteiger partial charge in [0.05, 0.1) is 14.2 Å². The van der Waals surface area contributed by atoms with Crippen LogP contribution in [0.3, 0.4) is 0 Å². The van der Waals surface area contributed by atoms with E-state index in [-0.39, 0.29) is 11.0 Å². The van der Waals surface area contributed by atoms with E-state index in [1.165, 1.54) is 7.11 Å². The second kappa shape index (κ2) is 12.1. The molecule has 1 aliphatic rings. The number of ether oxygens (including phenoxy) is 2. The first kappa shape index (κ1) is 25.8. The fraction of sp³-hybridized carbons (Fsp3) is 0.259. The Morgan fingerprint density at radius 1 is 0.944 bits per heavy atom. The number of nitrogens with zero attached hydrogens (tertiary/aromatic N) is 2. The molecule has 36 heavy (non-hydrogen) atoms. The number of thiocarbonyl (C=S) groups is 1. The van der Waals surface area contributed by atoms with Crippen molar-refractivity contribution in [3.05, 3.63) is 82.9 Å². The van der Waals surface area contributed by atoms with Crippen LogP contribution in [0.5, 0.6) is 11.5 Å². The molecule has 1 saturated heterocycles. The number of nitrogens with one attached hydrogen (secondary N) is 2. The summed E-state index contributed by atoms with van der Waals surface area (Å²) in [6, 6.07) is 21.0. The van der Waals surface area contributed by atoms with Crippen molar-refractivity contribution in [2.45, 2.75) is 6.54 Å². The number of carbonyl (C=O) groups excluding carboxylic acids is 1. The van der Waals surface area contributed by atoms with E-state index in [1.807, 2.05) is 30.3 Å². The molecule has 0 spiro atoms. The van der Waals surface area contributed by atoms with Crippen molar-refractivity contribution in [2.24, 2.45) is 0 Å². The average molecular weight is 525 g/mol. The van der Waals surface area contributed by atoms with Crippen molar-refractivity contribution in [1.82, 2.24) is 10.2 Å². The number of benzene rings is 3. The largest absolute Gasteiger partial charge is 0.493 e. The van der Waals surface area contributed by atoms with Gasteiger partial charge in [0.2, 0.25) is 0 Å². The molecule has 0 unspecified atom stereocenters. The van der Waals surface area contributed by atoms with E-state index >= 15 is 0 Å². The molecule has 1 aliphatic heterocycles. The minimum absolute atomic E-state index is 0.218. The first-order valence-electron chi connectivity index (χ1n) is 11.6. The van der Waals surface area contributed by atoms with Gasteiger partial charge in [-0.25, -0.2) is 0 Å². The molecule has 188 valence electrons. The summed E-state index contributed by atoms with van der Waals surface area (Å²) in [7, 11) is 3.07. The van der Waals surface area contributed by atoms with Crippen molar-refractivity contribution in [3.63, 3.8) is 0 Å². The lowest BCUT2D eigenvalue weighted by Gasteiger charge is -2.36. The quantitative estimate of drug-likeness (QED) is 0.430. The van der Waals surface area contributed by atoms with Crippen LogP contribution in [0.2, 0.25) is 5.02 Å². The molecular weight excluding hydrogens is 496 g/mol. The number of carbonyl (C=O) groups is 1. The molecule has 3 aromatic rings. The SMILES string of the molecule is COc1ccc(C(=O)NC(=S)Nc2ccc(N3CCN(Cc4ccccc4Cl)CC3)cc2)cc1OC. The predicted molar refractivity (Wildman–Crippen MR) is 149 cm³/mol. The van der Waals surface area contributed by atoms with Crippen LogP contribution < -0.4 is 25.0 Å². The summed E-state index contributed by atoms with van der Waals surface area (Å²) in [6.07, 6.45) is 0. The Hall–Kier alpha value is -3.33. The molecule has 1 amide bonds. The topological polar surface area (TPSA) is 66.1 Å². The molecule has 0 saturated carbocycles. The molecule has 0 aliphatic carbocycles. The zero-order valence-corrected chi connectivity index (χ0v) is 21.9. The highest BCUT2D eigenvalue weighted by atomic mass is 35.5. The summed E-state index contributed by atoms with van der Waals surface area (Å²) in [5.41, 5.74) is 3.53. The summed E-state index contributed by atoms with van der Waals surface area (Å²) in [5.74, 6) is 0.695. The molecule has 9 heteroatoms. The van der Waals surface area contributed by atoms with E-state index < -0.39 is 0 Å². The standard InChI is InChI=1S/C27H29ClN4O3S/c1-34-24-12-7-19(17-25(24)35-2)26(33)30-27(36)29-21-8-10-22(11-9-21)32-15-13-31(14-16-32)18-20-5-3-4-6-23(20)28/h3-12,17H,13-16,18H2,1-2H3,(H2,29,30,33,36). The van der Waals surface area contributed by atoms with Gasteiger partial charge in [-0.15, -0.1) is 0 Å². The lowest BCUT2D eigenvalue weighted by atomic mass is 10.2. The number of rotatable bonds is 7. The first-order chi connectivity index (χ1) is 17.5. The number of hydrogen-bond donors (Lipinski definition) is 2. The summed E-state index contributed by atoms with van der Waals surface area (Å²) >= 11 is 11.6. The monoisotopic (exact) mass is 524 g/mol. The molecule has 0 radical (unpaired) electrons. The van der Waals surface area contributed by atoms with Gasteiger partial charge in [0, 0.05) is 54.7 Å². The smallest absolute Gasteiger partial charge is 0.257 e. The fourth-order valence-corrected chi connectivity index (χ4v) is 4.51. The summed E-state index contributed by atoms with van der Waals surface area (Å²) in [6.45, 7) is 4.69. The first-order valence-corrected chi connectivity index (χ1v) is 12.4. The molecule has 1 heterocycles. The highest BCUT2D eigenvalue weighted by molar-refractivity contribution is 7.80. The third kappa shape index (κ3) is 6.46. The maximum Gasteiger partial charge on any atom is 0.257 e. The zero-order chi connectivity index (χ0) is 25.5. The second-order valence-electron chi connectivity index (χ2n) is 8.38. The summed E-state index contributed by atoms with van der Waals surface area (Å²) in [5, 5.41) is 6.81. The maximum absolute atomic E-state index is 12.6. The Kier molecular flexibility index (Phi) is 8.64. The van der Waals surface area contributed by atoms with Crippen LogP contribution in [-0.4, -0.2) is 56.3 Å². The van der Waals surface area contributed by atoms with Gasteiger partial charge in [-0.05, 0) is 66.3 Å². The third-order valence-electron chi connectivity index (χ3n) is 6.09. The molecule has 0 aromatic heterocycles. The van der Waals surface area contributed by atoms with E-state index in [0.717, 1.165) is 54.7 Å². The van der Waals surface area contributed by atoms with Crippen molar-refractivity contribution >= 4 is 46.2 Å². The number of methoxy groups -OCH3 is 2. The van der Waals surface area contributed by atoms with Gasteiger partial charge in [-0.3, -0.25) is 15.0 Å². The number of hydrogen-bond acceptors (Lipinski definition) is 6. The van der Waals surface area contributed by atoms with Gasteiger partial charge >= 0.3 is 0 Å². The van der Waals surface area contributed by atoms with Crippen LogP contribution in [0.4, 0.5) is 11.4 Å². The molecule has 3 aromatic carbocycles. The molecule has 0 bridgehead atoms. The van der Waals surface area contributed by atoms with Gasteiger partial charge in [0.15, 0.2) is 16.6 Å². The number of halogens is 1. The van der Waals surface area contributed by atoms with Crippen LogP contribution in [0.25, 0.3) is 0 Å². The summed E-state index contributed by atoms with van der Waals surface area (Å²) in [4.78, 5) is 17.4. The van der Waals surface area contributed by atoms with E-state index in [1.54, 1.807) is 25.3 Å². The lowest BCUT2D eigenvalue weighted by Crippen LogP contribution is -2.46. The highest BCUT2D eigenvalue weighted by Crippen LogP contribution is 2.27. The molecule has 2 N–H and O–H groups in total. The van der Waals surface area contributed by atoms with Crippen LogP contribution in [-0.2, 0) is 6.54 Å². The zero-order valence-electron chi connectivity index (χ0n) is 20.3. The number of anilines is 2. The maximum atomic E-state index is 12.6. The molecule has 0 atom stereocenters. The predicted octanol–water partition coefficient (Wildman–Crippen LogP) is 4.81. The second-order valence-corrected chi connectivity index (χ2v) is 9.19. The van der Waals surface area contributed by atoms with Crippen molar-refractivity contribution in [3.8, 4) is 11.5 Å². The minimum atomic E-state index is -0.334. The van der Waals surface area contributed by atoms with Gasteiger partial charge in [0.1, 0.15) is 0 Å². The normalized spacial score (nSPS) is 13.7. The minimum Gasteiger partial charge on any atom is -0.493 e. The summed E-state index contributed by atoms with van der Waals surface area (Å²) < 4.78 is 10.5. The van der Waals surface area contributed by atoms with Gasteiger partial charge in [-0.2, -0.15) is 0 Å². The lowest BCUT2D eigenvalue weighted by molar-refractivity contribution is 0.0977. The number of piperazine rings is 1. The van der Waals surface area contributed by atoms with Crippen LogP contribution in [0, 0.1) is 0 Å². The Morgan fingerprint density at radius 3 is 2.31 bits per heavy atom. The van der Waals surface area contributed by atoms with E-state index in [4.69, 9.17) is 33.3 Å². The molecule has 1 fully saturated rings. The molecule has 4 rings (SSSR count).